The second-order valence-corrected chi connectivity index (χ2v) is 12.4. The second kappa shape index (κ2) is 15.0. The minimum atomic E-state index is -4.38. The predicted octanol–water partition coefficient (Wildman–Crippen LogP) is 3.47. The lowest BCUT2D eigenvalue weighted by Gasteiger charge is -2.30. The van der Waals surface area contributed by atoms with Crippen molar-refractivity contribution in [1.29, 1.82) is 0 Å². The van der Waals surface area contributed by atoms with E-state index < -0.39 is 68.4 Å². The average molecular weight is 663 g/mol. The Morgan fingerprint density at radius 2 is 1.65 bits per heavy atom. The molecule has 0 radical (unpaired) electrons. The summed E-state index contributed by atoms with van der Waals surface area (Å²) in [6, 6.07) is 7.09. The van der Waals surface area contributed by atoms with Crippen molar-refractivity contribution in [2.75, 3.05) is 5.73 Å². The van der Waals surface area contributed by atoms with Gasteiger partial charge in [0, 0.05) is 12.8 Å². The Bertz CT molecular complexity index is 1570. The zero-order valence-electron chi connectivity index (χ0n) is 26.4. The number of benzene rings is 1. The van der Waals surface area contributed by atoms with Gasteiger partial charge in [0.1, 0.15) is 29.7 Å². The van der Waals surface area contributed by atoms with E-state index in [-0.39, 0.29) is 35.6 Å². The minimum Gasteiger partial charge on any atom is -0.462 e. The fourth-order valence-electron chi connectivity index (χ4n) is 4.65. The zero-order valence-corrected chi connectivity index (χ0v) is 27.3. The highest BCUT2D eigenvalue weighted by Gasteiger charge is 2.54. The van der Waals surface area contributed by atoms with E-state index in [1.54, 1.807) is 58.0 Å². The van der Waals surface area contributed by atoms with E-state index in [4.69, 9.17) is 33.7 Å². The van der Waals surface area contributed by atoms with Crippen LogP contribution in [0, 0.1) is 0 Å². The van der Waals surface area contributed by atoms with Crippen molar-refractivity contribution in [3.63, 3.8) is 0 Å². The number of fused-ring (bicyclic) bond motifs is 1. The molecule has 17 heteroatoms. The molecule has 0 bridgehead atoms. The number of esters is 3. The summed E-state index contributed by atoms with van der Waals surface area (Å²) in [5.74, 6) is -1.60. The summed E-state index contributed by atoms with van der Waals surface area (Å²) in [6.45, 7) is 9.54. The largest absolute Gasteiger partial charge is 0.462 e. The lowest BCUT2D eigenvalue weighted by Crippen LogP contribution is -2.44. The molecule has 1 fully saturated rings. The number of nitrogens with one attached hydrogen (secondary N) is 1. The van der Waals surface area contributed by atoms with Crippen molar-refractivity contribution in [3.8, 4) is 5.75 Å². The summed E-state index contributed by atoms with van der Waals surface area (Å²) in [5.41, 5.74) is 6.52. The van der Waals surface area contributed by atoms with E-state index in [9.17, 15) is 18.9 Å². The quantitative estimate of drug-likeness (QED) is 0.144. The van der Waals surface area contributed by atoms with Crippen LogP contribution in [0.1, 0.15) is 60.6 Å². The van der Waals surface area contributed by atoms with Gasteiger partial charge in [0.2, 0.25) is 0 Å². The molecule has 4 rings (SSSR count). The number of para-hydroxylation sites is 1. The van der Waals surface area contributed by atoms with E-state index in [2.05, 4.69) is 20.0 Å². The molecule has 2 aromatic heterocycles. The second-order valence-electron chi connectivity index (χ2n) is 10.7. The molecule has 3 aromatic rings. The van der Waals surface area contributed by atoms with Gasteiger partial charge in [-0.3, -0.25) is 23.5 Å². The first-order valence-corrected chi connectivity index (χ1v) is 16.4. The van der Waals surface area contributed by atoms with Crippen molar-refractivity contribution < 1.29 is 46.9 Å². The van der Waals surface area contributed by atoms with Crippen LogP contribution in [0.4, 0.5) is 5.82 Å². The highest BCUT2D eigenvalue weighted by molar-refractivity contribution is 7.52. The number of carbonyl (C=O) groups is 3. The third-order valence-electron chi connectivity index (χ3n) is 6.79. The normalized spacial score (nSPS) is 22.2. The van der Waals surface area contributed by atoms with Crippen molar-refractivity contribution >= 4 is 42.6 Å². The zero-order chi connectivity index (χ0) is 33.6. The molecule has 3 heterocycles. The van der Waals surface area contributed by atoms with Crippen LogP contribution in [0.2, 0.25) is 0 Å². The van der Waals surface area contributed by atoms with Crippen LogP contribution in [0.15, 0.2) is 43.0 Å². The number of imidazole rings is 1. The maximum atomic E-state index is 14.3. The minimum absolute atomic E-state index is 0.00196. The van der Waals surface area contributed by atoms with Gasteiger partial charge in [-0.25, -0.2) is 19.5 Å². The summed E-state index contributed by atoms with van der Waals surface area (Å²) >= 11 is 0. The number of nitrogens with zero attached hydrogens (tertiary/aromatic N) is 4. The van der Waals surface area contributed by atoms with Gasteiger partial charge in [0.15, 0.2) is 29.9 Å². The number of nitrogens with two attached hydrogens (primary N) is 1. The van der Waals surface area contributed by atoms with Crippen molar-refractivity contribution in [2.45, 2.75) is 97.2 Å². The molecule has 3 N–H and O–H groups in total. The van der Waals surface area contributed by atoms with Gasteiger partial charge in [-0.1, -0.05) is 32.0 Å². The van der Waals surface area contributed by atoms with Crippen LogP contribution in [-0.4, -0.2) is 74.0 Å². The molecule has 0 amide bonds. The SMILES string of the molecule is CCC(=O)OC1C(C(C)OP(=O)(NC(C)C(=O)OC(C)C)Oc2ccccc2)OC(n2cnc3c(N)ncnc32)C1OC(=O)CC. The van der Waals surface area contributed by atoms with Gasteiger partial charge >= 0.3 is 25.7 Å². The summed E-state index contributed by atoms with van der Waals surface area (Å²) in [5, 5.41) is 2.63. The van der Waals surface area contributed by atoms with Crippen LogP contribution in [0.5, 0.6) is 5.75 Å². The molecular weight excluding hydrogens is 623 g/mol. The van der Waals surface area contributed by atoms with Gasteiger partial charge in [-0.2, -0.15) is 5.09 Å². The van der Waals surface area contributed by atoms with Crippen molar-refractivity contribution in [3.05, 3.63) is 43.0 Å². The standard InChI is InChI=1S/C29H39N6O10P/c1-7-20(36)41-24-23(43-28(25(24)42-21(37)8-2)35-15-33-22-26(30)31-14-32-27(22)35)18(6)44-46(39,45-19-12-10-9-11-13-19)34-17(5)29(38)40-16(3)4/h9-18,23-25,28H,7-8H2,1-6H3,(H,34,39)(H2,30,31,32). The molecule has 7 atom stereocenters. The number of aromatic nitrogens is 4. The first-order valence-electron chi connectivity index (χ1n) is 14.8. The highest BCUT2D eigenvalue weighted by atomic mass is 31.2. The number of rotatable bonds is 14. The molecule has 16 nitrogen and oxygen atoms in total. The Morgan fingerprint density at radius 1 is 1.00 bits per heavy atom. The number of hydrogen-bond acceptors (Lipinski definition) is 14. The Kier molecular flexibility index (Phi) is 11.3. The monoisotopic (exact) mass is 662 g/mol. The van der Waals surface area contributed by atoms with Gasteiger partial charge in [-0.05, 0) is 39.8 Å². The lowest BCUT2D eigenvalue weighted by atomic mass is 10.1. The molecule has 1 aliphatic rings. The first-order chi connectivity index (χ1) is 21.9. The third-order valence-corrected chi connectivity index (χ3v) is 8.56. The maximum Gasteiger partial charge on any atom is 0.459 e. The van der Waals surface area contributed by atoms with Gasteiger partial charge in [0.05, 0.1) is 18.5 Å². The fourth-order valence-corrected chi connectivity index (χ4v) is 6.35. The number of nitrogen functional groups attached to an aromatic ring is 1. The van der Waals surface area contributed by atoms with Crippen molar-refractivity contribution in [2.24, 2.45) is 0 Å². The average Bonchev–Trinajstić information content (AvgIpc) is 3.59. The van der Waals surface area contributed by atoms with Crippen LogP contribution in [0.3, 0.4) is 0 Å². The van der Waals surface area contributed by atoms with Crippen LogP contribution < -0.4 is 15.3 Å². The molecule has 1 aromatic carbocycles. The first kappa shape index (κ1) is 34.8. The van der Waals surface area contributed by atoms with Crippen molar-refractivity contribution in [1.82, 2.24) is 24.6 Å². The fraction of sp³-hybridized carbons (Fsp3) is 0.517. The van der Waals surface area contributed by atoms with Crippen LogP contribution in [0.25, 0.3) is 11.2 Å². The molecule has 0 spiro atoms. The summed E-state index contributed by atoms with van der Waals surface area (Å²) in [6.07, 6.45) is -3.72. The third kappa shape index (κ3) is 8.18. The maximum absolute atomic E-state index is 14.3. The van der Waals surface area contributed by atoms with Gasteiger partial charge in [0.25, 0.3) is 0 Å². The van der Waals surface area contributed by atoms with Crippen LogP contribution in [-0.2, 0) is 42.4 Å². The number of ether oxygens (including phenoxy) is 4. The van der Waals surface area contributed by atoms with E-state index in [1.165, 1.54) is 31.1 Å². The molecule has 7 unspecified atom stereocenters. The summed E-state index contributed by atoms with van der Waals surface area (Å²) < 4.78 is 50.8. The topological polar surface area (TPSA) is 205 Å². The van der Waals surface area contributed by atoms with E-state index in [0.29, 0.717) is 0 Å². The predicted molar refractivity (Wildman–Crippen MR) is 163 cm³/mol. The number of hydrogen-bond donors (Lipinski definition) is 2. The van der Waals surface area contributed by atoms with Crippen LogP contribution >= 0.6 is 7.75 Å². The molecule has 0 saturated carbocycles. The molecule has 0 aliphatic carbocycles. The van der Waals surface area contributed by atoms with E-state index in [1.807, 2.05) is 0 Å². The van der Waals surface area contributed by atoms with Gasteiger partial charge in [-0.15, -0.1) is 0 Å². The highest BCUT2D eigenvalue weighted by Crippen LogP contribution is 2.48. The summed E-state index contributed by atoms with van der Waals surface area (Å²) in [7, 11) is -4.38. The number of anilines is 1. The smallest absolute Gasteiger partial charge is 0.459 e. The van der Waals surface area contributed by atoms with E-state index in [0.717, 1.165) is 0 Å². The summed E-state index contributed by atoms with van der Waals surface area (Å²) in [4.78, 5) is 50.4. The Labute approximate surface area is 265 Å². The number of carbonyl (C=O) groups excluding carboxylic acids is 3. The molecule has 250 valence electrons. The molecular formula is C29H39N6O10P. The molecule has 1 saturated heterocycles. The Balaban J connectivity index is 1.72. The van der Waals surface area contributed by atoms with Gasteiger partial charge < -0.3 is 29.2 Å². The Morgan fingerprint density at radius 3 is 2.28 bits per heavy atom. The Hall–Kier alpha value is -4.11. The van der Waals surface area contributed by atoms with E-state index >= 15 is 0 Å². The molecule has 46 heavy (non-hydrogen) atoms. The lowest BCUT2D eigenvalue weighted by molar-refractivity contribution is -0.168. The molecule has 1 aliphatic heterocycles.